The first-order valence-electron chi connectivity index (χ1n) is 15.5. The van der Waals surface area contributed by atoms with Crippen LogP contribution < -0.4 is 26.7 Å². The lowest BCUT2D eigenvalue weighted by Crippen LogP contribution is -2.54. The molecule has 5 N–H and O–H groups in total. The molecule has 2 aliphatic rings. The number of hydrogen-bond acceptors (Lipinski definition) is 9. The number of carbonyl (C=O) groups excluding carboxylic acids is 5. The average molecular weight is 793 g/mol. The third-order valence-electron chi connectivity index (χ3n) is 7.86. The van der Waals surface area contributed by atoms with Crippen molar-refractivity contribution in [2.24, 2.45) is 0 Å². The van der Waals surface area contributed by atoms with Crippen LogP contribution in [0.2, 0.25) is 0 Å². The van der Waals surface area contributed by atoms with Crippen molar-refractivity contribution in [1.82, 2.24) is 21.0 Å². The lowest BCUT2D eigenvalue weighted by atomic mass is 10.0. The molecule has 1 fully saturated rings. The maximum Gasteiger partial charge on any atom is 0.277 e. The molecule has 2 heterocycles. The predicted molar refractivity (Wildman–Crippen MR) is 180 cm³/mol. The Labute approximate surface area is 292 Å². The quantitative estimate of drug-likeness (QED) is 0.0652. The van der Waals surface area contributed by atoms with Crippen LogP contribution in [0.15, 0.2) is 48.5 Å². The van der Waals surface area contributed by atoms with Crippen molar-refractivity contribution < 1.29 is 42.0 Å². The molecule has 0 spiro atoms. The van der Waals surface area contributed by atoms with Gasteiger partial charge in [-0.3, -0.25) is 39.0 Å². The summed E-state index contributed by atoms with van der Waals surface area (Å²) in [5.41, 5.74) is 2.18. The maximum atomic E-state index is 14.6. The van der Waals surface area contributed by atoms with Gasteiger partial charge in [0.1, 0.15) is 11.9 Å². The molecule has 0 aliphatic carbocycles. The first kappa shape index (κ1) is 35.7. The minimum atomic E-state index is -1.34. The van der Waals surface area contributed by atoms with E-state index in [-0.39, 0.29) is 41.8 Å². The molecule has 3 aromatic rings. The average Bonchev–Trinajstić information content (AvgIpc) is 3.32. The Morgan fingerprint density at radius 1 is 0.918 bits per heavy atom. The zero-order valence-electron chi connectivity index (χ0n) is 26.0. The third-order valence-corrected chi connectivity index (χ3v) is 8.53. The summed E-state index contributed by atoms with van der Waals surface area (Å²) in [4.78, 5) is 68.8. The molecule has 12 nitrogen and oxygen atoms in total. The molecule has 1 saturated heterocycles. The number of benzene rings is 3. The van der Waals surface area contributed by atoms with Gasteiger partial charge in [-0.2, -0.15) is 0 Å². The number of hydroxylamine groups is 1. The van der Waals surface area contributed by atoms with E-state index in [1.54, 1.807) is 18.2 Å². The summed E-state index contributed by atoms with van der Waals surface area (Å²) in [7, 11) is 0. The highest BCUT2D eigenvalue weighted by atomic mass is 127. The van der Waals surface area contributed by atoms with Crippen LogP contribution in [-0.2, 0) is 14.4 Å². The summed E-state index contributed by atoms with van der Waals surface area (Å²) in [6.45, 7) is 1.87. The number of unbranched alkanes of at least 4 members (excludes halogenated alkanes) is 1. The summed E-state index contributed by atoms with van der Waals surface area (Å²) in [5, 5.41) is 11.1. The van der Waals surface area contributed by atoms with Crippen LogP contribution >= 0.6 is 22.6 Å². The van der Waals surface area contributed by atoms with Gasteiger partial charge in [-0.15, -0.1) is 0 Å². The van der Waals surface area contributed by atoms with Crippen molar-refractivity contribution in [3.63, 3.8) is 0 Å². The van der Waals surface area contributed by atoms with Gasteiger partial charge in [0.2, 0.25) is 11.8 Å². The number of imide groups is 2. The van der Waals surface area contributed by atoms with Crippen LogP contribution in [0.3, 0.4) is 0 Å². The fraction of sp³-hybridized carbons (Fsp3) is 0.303. The van der Waals surface area contributed by atoms with Crippen LogP contribution in [-0.4, -0.2) is 66.7 Å². The standard InChI is InChI=1S/C33H32F3IN6O6/c34-21-9-8-20(29(28(21)36)40-23-10-7-18(37)17-22(23)35)30(45)42-49-16-4-14-38-13-1-2-15-39-24-6-3-5-19-27(24)33(48)43(32(19)47)25-11-12-26(44)41-31(25)46/h3,5-10,17,25,38-40H,1-2,4,11-16H2,(H,42,45)(H,41,44,46). The first-order valence-corrected chi connectivity index (χ1v) is 16.6. The molecule has 0 saturated carbocycles. The van der Waals surface area contributed by atoms with E-state index in [1.165, 1.54) is 18.2 Å². The van der Waals surface area contributed by atoms with E-state index in [2.05, 4.69) is 26.7 Å². The number of halogens is 4. The van der Waals surface area contributed by atoms with E-state index in [9.17, 15) is 37.1 Å². The SMILES string of the molecule is O=C1CCC(N2C(=O)c3cccc(NCCCCNCCCONC(=O)c4ccc(F)c(F)c4Nc4ccc(I)cc4F)c3C2=O)C(=O)N1. The summed E-state index contributed by atoms with van der Waals surface area (Å²) in [6, 6.07) is 9.86. The van der Waals surface area contributed by atoms with Crippen molar-refractivity contribution >= 4 is 69.2 Å². The Bertz CT molecular complexity index is 1790. The van der Waals surface area contributed by atoms with E-state index in [4.69, 9.17) is 4.84 Å². The van der Waals surface area contributed by atoms with E-state index in [0.29, 0.717) is 35.3 Å². The van der Waals surface area contributed by atoms with E-state index in [0.717, 1.165) is 29.9 Å². The van der Waals surface area contributed by atoms with Crippen LogP contribution in [0.4, 0.5) is 30.2 Å². The van der Waals surface area contributed by atoms with Crippen LogP contribution in [0.1, 0.15) is 63.2 Å². The van der Waals surface area contributed by atoms with Crippen LogP contribution in [0.25, 0.3) is 0 Å². The van der Waals surface area contributed by atoms with Gasteiger partial charge in [0, 0.05) is 22.2 Å². The molecule has 0 aromatic heterocycles. The number of anilines is 3. The number of nitrogens with zero attached hydrogens (tertiary/aromatic N) is 1. The molecule has 3 aromatic carbocycles. The van der Waals surface area contributed by atoms with E-state index >= 15 is 0 Å². The van der Waals surface area contributed by atoms with Crippen molar-refractivity contribution in [2.45, 2.75) is 38.1 Å². The molecule has 5 rings (SSSR count). The van der Waals surface area contributed by atoms with Crippen LogP contribution in [0.5, 0.6) is 0 Å². The Hall–Kier alpha value is -4.55. The zero-order valence-corrected chi connectivity index (χ0v) is 28.1. The first-order chi connectivity index (χ1) is 23.6. The van der Waals surface area contributed by atoms with Crippen molar-refractivity contribution in [1.29, 1.82) is 0 Å². The number of hydrogen-bond donors (Lipinski definition) is 5. The van der Waals surface area contributed by atoms with Crippen molar-refractivity contribution in [2.75, 3.05) is 36.9 Å². The van der Waals surface area contributed by atoms with Gasteiger partial charge < -0.3 is 16.0 Å². The summed E-state index contributed by atoms with van der Waals surface area (Å²) in [5.74, 6) is -6.31. The molecule has 16 heteroatoms. The highest BCUT2D eigenvalue weighted by Gasteiger charge is 2.45. The summed E-state index contributed by atoms with van der Waals surface area (Å²) < 4.78 is 43.4. The highest BCUT2D eigenvalue weighted by molar-refractivity contribution is 14.1. The molecule has 49 heavy (non-hydrogen) atoms. The van der Waals surface area contributed by atoms with Gasteiger partial charge in [-0.1, -0.05) is 6.07 Å². The molecular formula is C33H32F3IN6O6. The monoisotopic (exact) mass is 792 g/mol. The Morgan fingerprint density at radius 2 is 1.69 bits per heavy atom. The molecule has 5 amide bonds. The molecule has 0 bridgehead atoms. The highest BCUT2D eigenvalue weighted by Crippen LogP contribution is 2.32. The largest absolute Gasteiger partial charge is 0.384 e. The van der Waals surface area contributed by atoms with Gasteiger partial charge in [0.25, 0.3) is 17.7 Å². The molecule has 1 atom stereocenters. The number of fused-ring (bicyclic) bond motifs is 1. The maximum absolute atomic E-state index is 14.6. The molecule has 2 aliphatic heterocycles. The smallest absolute Gasteiger partial charge is 0.277 e. The fourth-order valence-electron chi connectivity index (χ4n) is 5.41. The Kier molecular flexibility index (Phi) is 11.8. The zero-order chi connectivity index (χ0) is 35.1. The van der Waals surface area contributed by atoms with Gasteiger partial charge in [-0.25, -0.2) is 18.7 Å². The van der Waals surface area contributed by atoms with Crippen molar-refractivity contribution in [3.8, 4) is 0 Å². The normalized spacial score (nSPS) is 15.7. The number of amides is 5. The van der Waals surface area contributed by atoms with Gasteiger partial charge in [-0.05, 0) is 104 Å². The molecular weight excluding hydrogens is 760 g/mol. The molecule has 1 unspecified atom stereocenters. The number of piperidine rings is 1. The fourth-order valence-corrected chi connectivity index (χ4v) is 5.87. The Balaban J connectivity index is 0.996. The predicted octanol–water partition coefficient (Wildman–Crippen LogP) is 4.39. The Morgan fingerprint density at radius 3 is 2.47 bits per heavy atom. The van der Waals surface area contributed by atoms with E-state index in [1.807, 2.05) is 22.6 Å². The molecule has 0 radical (unpaired) electrons. The minimum absolute atomic E-state index is 0.0460. The van der Waals surface area contributed by atoms with Gasteiger partial charge in [0.05, 0.1) is 34.7 Å². The van der Waals surface area contributed by atoms with E-state index < -0.39 is 58.7 Å². The van der Waals surface area contributed by atoms with Gasteiger partial charge in [0.15, 0.2) is 11.6 Å². The second-order valence-corrected chi connectivity index (χ2v) is 12.5. The number of rotatable bonds is 15. The second kappa shape index (κ2) is 16.2. The minimum Gasteiger partial charge on any atom is -0.384 e. The third kappa shape index (κ3) is 8.37. The van der Waals surface area contributed by atoms with Gasteiger partial charge >= 0.3 is 0 Å². The lowest BCUT2D eigenvalue weighted by molar-refractivity contribution is -0.136. The topological polar surface area (TPSA) is 158 Å². The summed E-state index contributed by atoms with van der Waals surface area (Å²) in [6.07, 6.45) is 2.16. The lowest BCUT2D eigenvalue weighted by Gasteiger charge is -2.27. The van der Waals surface area contributed by atoms with Crippen LogP contribution in [0, 0.1) is 21.0 Å². The number of carbonyl (C=O) groups is 5. The number of nitrogens with one attached hydrogen (secondary N) is 5. The second-order valence-electron chi connectivity index (χ2n) is 11.2. The summed E-state index contributed by atoms with van der Waals surface area (Å²) >= 11 is 1.91. The van der Waals surface area contributed by atoms with Crippen molar-refractivity contribution in [3.05, 3.63) is 86.2 Å². The molecule has 258 valence electrons.